The predicted molar refractivity (Wildman–Crippen MR) is 123 cm³/mol. The number of nitrogens with zero attached hydrogens (tertiary/aromatic N) is 3. The topological polar surface area (TPSA) is 78.3 Å². The molecule has 0 saturated carbocycles. The van der Waals surface area contributed by atoms with E-state index < -0.39 is 0 Å². The molecular weight excluding hydrogens is 412 g/mol. The van der Waals surface area contributed by atoms with E-state index in [0.29, 0.717) is 29.7 Å². The summed E-state index contributed by atoms with van der Waals surface area (Å²) in [4.78, 5) is 12.5. The lowest BCUT2D eigenvalue weighted by molar-refractivity contribution is -0.113. The number of anilines is 1. The molecule has 8 heteroatoms. The van der Waals surface area contributed by atoms with Crippen molar-refractivity contribution >= 4 is 23.4 Å². The summed E-state index contributed by atoms with van der Waals surface area (Å²) >= 11 is 1.35. The number of aryl methyl sites for hydroxylation is 2. The van der Waals surface area contributed by atoms with E-state index in [1.54, 1.807) is 7.11 Å². The predicted octanol–water partition coefficient (Wildman–Crippen LogP) is 4.54. The lowest BCUT2D eigenvalue weighted by Crippen LogP contribution is -2.15. The number of ether oxygens (including phenoxy) is 2. The summed E-state index contributed by atoms with van der Waals surface area (Å²) < 4.78 is 13.3. The van der Waals surface area contributed by atoms with Crippen LogP contribution in [-0.2, 0) is 17.9 Å². The number of aromatic nitrogens is 3. The summed E-state index contributed by atoms with van der Waals surface area (Å²) in [6.07, 6.45) is 0. The Morgan fingerprint density at radius 2 is 1.94 bits per heavy atom. The van der Waals surface area contributed by atoms with Crippen LogP contribution >= 0.6 is 11.8 Å². The maximum Gasteiger partial charge on any atom is 0.234 e. The average Bonchev–Trinajstić information content (AvgIpc) is 3.15. The van der Waals surface area contributed by atoms with Crippen molar-refractivity contribution in [3.63, 3.8) is 0 Å². The first-order chi connectivity index (χ1) is 14.9. The van der Waals surface area contributed by atoms with Crippen molar-refractivity contribution in [2.24, 2.45) is 0 Å². The number of hydrogen-bond donors (Lipinski definition) is 1. The number of hydrogen-bond acceptors (Lipinski definition) is 6. The van der Waals surface area contributed by atoms with Gasteiger partial charge >= 0.3 is 0 Å². The van der Waals surface area contributed by atoms with Gasteiger partial charge < -0.3 is 19.4 Å². The van der Waals surface area contributed by atoms with Gasteiger partial charge in [0, 0.05) is 6.54 Å². The summed E-state index contributed by atoms with van der Waals surface area (Å²) in [5, 5.41) is 12.1. The van der Waals surface area contributed by atoms with Gasteiger partial charge in [0.1, 0.15) is 18.1 Å². The van der Waals surface area contributed by atoms with Gasteiger partial charge in [-0.15, -0.1) is 10.2 Å². The number of nitrogens with one attached hydrogen (secondary N) is 1. The fraction of sp³-hybridized carbons (Fsp3) is 0.348. The van der Waals surface area contributed by atoms with E-state index in [-0.39, 0.29) is 11.7 Å². The van der Waals surface area contributed by atoms with Crippen molar-refractivity contribution in [3.05, 3.63) is 58.9 Å². The number of benzene rings is 2. The van der Waals surface area contributed by atoms with Crippen molar-refractivity contribution in [2.75, 3.05) is 18.2 Å². The monoisotopic (exact) mass is 440 g/mol. The molecule has 0 saturated heterocycles. The second-order valence-electron chi connectivity index (χ2n) is 7.17. The second kappa shape index (κ2) is 10.3. The van der Waals surface area contributed by atoms with E-state index >= 15 is 0 Å². The van der Waals surface area contributed by atoms with Crippen LogP contribution in [0.3, 0.4) is 0 Å². The van der Waals surface area contributed by atoms with Crippen LogP contribution in [0, 0.1) is 20.8 Å². The Labute approximate surface area is 187 Å². The Kier molecular flexibility index (Phi) is 7.57. The molecule has 164 valence electrons. The van der Waals surface area contributed by atoms with Gasteiger partial charge in [-0.1, -0.05) is 30.0 Å². The summed E-state index contributed by atoms with van der Waals surface area (Å²) in [6.45, 7) is 9.09. The molecule has 0 bridgehead atoms. The average molecular weight is 441 g/mol. The highest BCUT2D eigenvalue weighted by atomic mass is 32.2. The van der Waals surface area contributed by atoms with E-state index in [1.807, 2.05) is 55.7 Å². The molecule has 1 aromatic heterocycles. The Morgan fingerprint density at radius 1 is 1.13 bits per heavy atom. The first kappa shape index (κ1) is 22.7. The van der Waals surface area contributed by atoms with Crippen molar-refractivity contribution < 1.29 is 14.3 Å². The quantitative estimate of drug-likeness (QED) is 0.492. The SMILES string of the molecule is CCn1c(COc2cccc(C)c2C)nnc1SCC(=O)Nc1cc(C)ccc1OC. The van der Waals surface area contributed by atoms with E-state index in [0.717, 1.165) is 22.7 Å². The molecule has 3 aromatic rings. The third-order valence-corrected chi connectivity index (χ3v) is 5.95. The molecule has 1 amide bonds. The van der Waals surface area contributed by atoms with Gasteiger partial charge in [0.15, 0.2) is 11.0 Å². The summed E-state index contributed by atoms with van der Waals surface area (Å²) in [5.41, 5.74) is 4.00. The van der Waals surface area contributed by atoms with Gasteiger partial charge in [-0.2, -0.15) is 0 Å². The largest absolute Gasteiger partial charge is 0.495 e. The maximum absolute atomic E-state index is 12.5. The number of rotatable bonds is 9. The highest BCUT2D eigenvalue weighted by Gasteiger charge is 2.15. The Balaban J connectivity index is 1.62. The first-order valence-electron chi connectivity index (χ1n) is 10.1. The Hall–Kier alpha value is -3.00. The fourth-order valence-corrected chi connectivity index (χ4v) is 3.93. The summed E-state index contributed by atoms with van der Waals surface area (Å²) in [7, 11) is 1.58. The minimum Gasteiger partial charge on any atom is -0.495 e. The highest BCUT2D eigenvalue weighted by molar-refractivity contribution is 7.99. The summed E-state index contributed by atoms with van der Waals surface area (Å²) in [6, 6.07) is 11.7. The van der Waals surface area contributed by atoms with Gasteiger partial charge in [-0.25, -0.2) is 0 Å². The van der Waals surface area contributed by atoms with Crippen LogP contribution in [0.2, 0.25) is 0 Å². The van der Waals surface area contributed by atoms with E-state index in [1.165, 1.54) is 17.3 Å². The lowest BCUT2D eigenvalue weighted by atomic mass is 10.1. The van der Waals surface area contributed by atoms with Crippen molar-refractivity contribution in [2.45, 2.75) is 46.0 Å². The molecule has 31 heavy (non-hydrogen) atoms. The molecule has 7 nitrogen and oxygen atoms in total. The number of amides is 1. The molecular formula is C23H28N4O3S. The fourth-order valence-electron chi connectivity index (χ4n) is 3.11. The number of carbonyl (C=O) groups is 1. The van der Waals surface area contributed by atoms with Gasteiger partial charge in [0.05, 0.1) is 18.6 Å². The Bertz CT molecular complexity index is 1060. The molecule has 0 spiro atoms. The number of carbonyl (C=O) groups excluding carboxylic acids is 1. The molecule has 0 aliphatic carbocycles. The second-order valence-corrected chi connectivity index (χ2v) is 8.11. The zero-order valence-corrected chi connectivity index (χ0v) is 19.4. The standard InChI is InChI=1S/C23H28N4O3S/c1-6-27-21(13-30-19-9-7-8-16(3)17(19)4)25-26-23(27)31-14-22(28)24-18-12-15(2)10-11-20(18)29-5/h7-12H,6,13-14H2,1-5H3,(H,24,28). The molecule has 0 aliphatic heterocycles. The van der Waals surface area contributed by atoms with Crippen LogP contribution in [0.1, 0.15) is 29.4 Å². The van der Waals surface area contributed by atoms with Crippen LogP contribution in [0.5, 0.6) is 11.5 Å². The van der Waals surface area contributed by atoms with Crippen LogP contribution in [-0.4, -0.2) is 33.5 Å². The molecule has 0 aliphatic rings. The third kappa shape index (κ3) is 5.58. The number of methoxy groups -OCH3 is 1. The summed E-state index contributed by atoms with van der Waals surface area (Å²) in [5.74, 6) is 2.28. The van der Waals surface area contributed by atoms with E-state index in [9.17, 15) is 4.79 Å². The third-order valence-electron chi connectivity index (χ3n) is 4.98. The van der Waals surface area contributed by atoms with Crippen LogP contribution in [0.15, 0.2) is 41.6 Å². The minimum absolute atomic E-state index is 0.132. The minimum atomic E-state index is -0.132. The molecule has 2 aromatic carbocycles. The first-order valence-corrected chi connectivity index (χ1v) is 11.1. The smallest absolute Gasteiger partial charge is 0.234 e. The molecule has 0 atom stereocenters. The van der Waals surface area contributed by atoms with Crippen LogP contribution in [0.4, 0.5) is 5.69 Å². The Morgan fingerprint density at radius 3 is 2.68 bits per heavy atom. The van der Waals surface area contributed by atoms with Crippen molar-refractivity contribution in [3.8, 4) is 11.5 Å². The zero-order chi connectivity index (χ0) is 22.4. The van der Waals surface area contributed by atoms with Gasteiger partial charge in [-0.3, -0.25) is 4.79 Å². The van der Waals surface area contributed by atoms with Crippen molar-refractivity contribution in [1.82, 2.24) is 14.8 Å². The zero-order valence-electron chi connectivity index (χ0n) is 18.6. The van der Waals surface area contributed by atoms with Crippen LogP contribution in [0.25, 0.3) is 0 Å². The van der Waals surface area contributed by atoms with Gasteiger partial charge in [0.2, 0.25) is 5.91 Å². The molecule has 3 rings (SSSR count). The molecule has 1 N–H and O–H groups in total. The molecule has 0 radical (unpaired) electrons. The normalized spacial score (nSPS) is 10.7. The molecule has 0 fully saturated rings. The lowest BCUT2D eigenvalue weighted by Gasteiger charge is -2.12. The van der Waals surface area contributed by atoms with Gasteiger partial charge in [0.25, 0.3) is 0 Å². The molecule has 1 heterocycles. The van der Waals surface area contributed by atoms with E-state index in [2.05, 4.69) is 28.5 Å². The van der Waals surface area contributed by atoms with Gasteiger partial charge in [-0.05, 0) is 62.6 Å². The van der Waals surface area contributed by atoms with Crippen LogP contribution < -0.4 is 14.8 Å². The van der Waals surface area contributed by atoms with E-state index in [4.69, 9.17) is 9.47 Å². The number of thioether (sulfide) groups is 1. The van der Waals surface area contributed by atoms with Crippen molar-refractivity contribution in [1.29, 1.82) is 0 Å². The highest BCUT2D eigenvalue weighted by Crippen LogP contribution is 2.26. The maximum atomic E-state index is 12.5. The molecule has 0 unspecified atom stereocenters.